The van der Waals surface area contributed by atoms with Crippen molar-refractivity contribution in [3.05, 3.63) is 89.5 Å². The molecule has 0 aromatic heterocycles. The Balaban J connectivity index is 1.45. The van der Waals surface area contributed by atoms with E-state index in [-0.39, 0.29) is 10.8 Å². The summed E-state index contributed by atoms with van der Waals surface area (Å²) in [4.78, 5) is 14.6. The summed E-state index contributed by atoms with van der Waals surface area (Å²) in [5.41, 5.74) is 2.67. The third-order valence-corrected chi connectivity index (χ3v) is 6.88. The smallest absolute Gasteiger partial charge is 0.261 e. The molecule has 1 amide bonds. The predicted molar refractivity (Wildman–Crippen MR) is 124 cm³/mol. The molecule has 3 aromatic carbocycles. The van der Waals surface area contributed by atoms with E-state index < -0.39 is 10.0 Å². The minimum Gasteiger partial charge on any atom is -0.489 e. The average Bonchev–Trinajstić information content (AvgIpc) is 3.34. The second kappa shape index (κ2) is 9.44. The molecule has 1 heterocycles. The first-order valence-electron chi connectivity index (χ1n) is 10.6. The quantitative estimate of drug-likeness (QED) is 0.570. The molecule has 0 saturated carbocycles. The van der Waals surface area contributed by atoms with Crippen LogP contribution >= 0.6 is 0 Å². The number of amides is 1. The molecule has 0 atom stereocenters. The number of aryl methyl sites for hydroxylation is 1. The molecule has 1 fully saturated rings. The molecule has 1 aliphatic heterocycles. The number of carbonyl (C=O) groups is 1. The van der Waals surface area contributed by atoms with Gasteiger partial charge in [0.2, 0.25) is 0 Å². The van der Waals surface area contributed by atoms with Crippen molar-refractivity contribution < 1.29 is 17.9 Å². The molecular formula is C25H26N2O4S. The van der Waals surface area contributed by atoms with Gasteiger partial charge in [0.25, 0.3) is 15.9 Å². The SMILES string of the molecule is Cc1ccc(S(=O)(=O)Nc2ccc(OCc3ccccc3)cc2)cc1C(=O)N1CCCC1. The fraction of sp³-hybridized carbons (Fsp3) is 0.240. The Morgan fingerprint density at radius 3 is 2.34 bits per heavy atom. The summed E-state index contributed by atoms with van der Waals surface area (Å²) in [6.45, 7) is 3.68. The van der Waals surface area contributed by atoms with Gasteiger partial charge in [-0.2, -0.15) is 0 Å². The Labute approximate surface area is 188 Å². The fourth-order valence-corrected chi connectivity index (χ4v) is 4.75. The van der Waals surface area contributed by atoms with Crippen LogP contribution in [0.5, 0.6) is 5.75 Å². The molecule has 7 heteroatoms. The Morgan fingerprint density at radius 2 is 1.66 bits per heavy atom. The van der Waals surface area contributed by atoms with Gasteiger partial charge in [0, 0.05) is 24.3 Å². The van der Waals surface area contributed by atoms with Crippen molar-refractivity contribution in [3.63, 3.8) is 0 Å². The van der Waals surface area contributed by atoms with E-state index in [0.29, 0.717) is 36.7 Å². The highest BCUT2D eigenvalue weighted by molar-refractivity contribution is 7.92. The van der Waals surface area contributed by atoms with Gasteiger partial charge >= 0.3 is 0 Å². The monoisotopic (exact) mass is 450 g/mol. The maximum absolute atomic E-state index is 12.9. The number of ether oxygens (including phenoxy) is 1. The van der Waals surface area contributed by atoms with Gasteiger partial charge in [-0.3, -0.25) is 9.52 Å². The van der Waals surface area contributed by atoms with Crippen molar-refractivity contribution in [2.45, 2.75) is 31.3 Å². The van der Waals surface area contributed by atoms with Crippen LogP contribution < -0.4 is 9.46 Å². The maximum Gasteiger partial charge on any atom is 0.261 e. The van der Waals surface area contributed by atoms with Crippen LogP contribution in [0, 0.1) is 6.92 Å². The zero-order valence-corrected chi connectivity index (χ0v) is 18.8. The Kier molecular flexibility index (Phi) is 6.46. The summed E-state index contributed by atoms with van der Waals surface area (Å²) in [6, 6.07) is 21.2. The number of hydrogen-bond acceptors (Lipinski definition) is 4. The second-order valence-corrected chi connectivity index (χ2v) is 9.56. The summed E-state index contributed by atoms with van der Waals surface area (Å²) in [7, 11) is -3.84. The van der Waals surface area contributed by atoms with Crippen molar-refractivity contribution in [3.8, 4) is 5.75 Å². The summed E-state index contributed by atoms with van der Waals surface area (Å²) in [6.07, 6.45) is 1.96. The van der Waals surface area contributed by atoms with E-state index in [1.54, 1.807) is 35.2 Å². The minimum absolute atomic E-state index is 0.0649. The molecule has 3 aromatic rings. The zero-order valence-electron chi connectivity index (χ0n) is 18.0. The Morgan fingerprint density at radius 1 is 0.969 bits per heavy atom. The van der Waals surface area contributed by atoms with E-state index in [9.17, 15) is 13.2 Å². The predicted octanol–water partition coefficient (Wildman–Crippen LogP) is 4.61. The normalized spacial score (nSPS) is 13.7. The highest BCUT2D eigenvalue weighted by Gasteiger charge is 2.23. The maximum atomic E-state index is 12.9. The van der Waals surface area contributed by atoms with Gasteiger partial charge in [0.05, 0.1) is 4.90 Å². The Hall–Kier alpha value is -3.32. The van der Waals surface area contributed by atoms with Crippen LogP contribution in [0.4, 0.5) is 5.69 Å². The molecule has 0 spiro atoms. The van der Waals surface area contributed by atoms with Gasteiger partial charge in [-0.15, -0.1) is 0 Å². The third kappa shape index (κ3) is 5.11. The van der Waals surface area contributed by atoms with E-state index in [0.717, 1.165) is 24.0 Å². The zero-order chi connectivity index (χ0) is 22.6. The van der Waals surface area contributed by atoms with Crippen LogP contribution in [-0.2, 0) is 16.6 Å². The van der Waals surface area contributed by atoms with Crippen LogP contribution in [0.1, 0.15) is 34.3 Å². The van der Waals surface area contributed by atoms with Crippen LogP contribution in [0.15, 0.2) is 77.7 Å². The number of carbonyl (C=O) groups excluding carboxylic acids is 1. The van der Waals surface area contributed by atoms with Gasteiger partial charge in [0.1, 0.15) is 12.4 Å². The van der Waals surface area contributed by atoms with Crippen molar-refractivity contribution in [1.29, 1.82) is 0 Å². The van der Waals surface area contributed by atoms with E-state index in [4.69, 9.17) is 4.74 Å². The number of rotatable bonds is 7. The lowest BCUT2D eigenvalue weighted by Gasteiger charge is -2.17. The molecule has 1 aliphatic rings. The largest absolute Gasteiger partial charge is 0.489 e. The number of likely N-dealkylation sites (tertiary alicyclic amines) is 1. The molecule has 1 N–H and O–H groups in total. The molecule has 6 nitrogen and oxygen atoms in total. The van der Waals surface area contributed by atoms with E-state index in [2.05, 4.69) is 4.72 Å². The Bertz CT molecular complexity index is 1190. The summed E-state index contributed by atoms with van der Waals surface area (Å²) in [5.74, 6) is 0.530. The summed E-state index contributed by atoms with van der Waals surface area (Å²) >= 11 is 0. The van der Waals surface area contributed by atoms with E-state index in [1.165, 1.54) is 12.1 Å². The van der Waals surface area contributed by atoms with Crippen molar-refractivity contribution in [1.82, 2.24) is 4.90 Å². The summed E-state index contributed by atoms with van der Waals surface area (Å²) in [5, 5.41) is 0. The molecule has 1 saturated heterocycles. The molecule has 0 radical (unpaired) electrons. The van der Waals surface area contributed by atoms with E-state index >= 15 is 0 Å². The first-order chi connectivity index (χ1) is 15.4. The van der Waals surface area contributed by atoms with Crippen molar-refractivity contribution >= 4 is 21.6 Å². The topological polar surface area (TPSA) is 75.7 Å². The van der Waals surface area contributed by atoms with Crippen LogP contribution in [0.3, 0.4) is 0 Å². The standard InChI is InChI=1S/C25H26N2O4S/c1-19-9-14-23(17-24(19)25(28)27-15-5-6-16-27)32(29,30)26-21-10-12-22(13-11-21)31-18-20-7-3-2-4-8-20/h2-4,7-14,17,26H,5-6,15-16,18H2,1H3. The number of sulfonamides is 1. The molecule has 0 aliphatic carbocycles. The first-order valence-corrected chi connectivity index (χ1v) is 12.1. The number of hydrogen-bond donors (Lipinski definition) is 1. The summed E-state index contributed by atoms with van der Waals surface area (Å²) < 4.78 is 34.2. The van der Waals surface area contributed by atoms with Gasteiger partial charge in [-0.1, -0.05) is 36.4 Å². The fourth-order valence-electron chi connectivity index (χ4n) is 3.66. The molecule has 32 heavy (non-hydrogen) atoms. The molecular weight excluding hydrogens is 424 g/mol. The van der Waals surface area contributed by atoms with Crippen molar-refractivity contribution in [2.24, 2.45) is 0 Å². The molecule has 166 valence electrons. The minimum atomic E-state index is -3.84. The lowest BCUT2D eigenvalue weighted by Crippen LogP contribution is -2.28. The average molecular weight is 451 g/mol. The van der Waals surface area contributed by atoms with Crippen LogP contribution in [-0.4, -0.2) is 32.3 Å². The lowest BCUT2D eigenvalue weighted by atomic mass is 10.1. The molecule has 0 bridgehead atoms. The highest BCUT2D eigenvalue weighted by atomic mass is 32.2. The third-order valence-electron chi connectivity index (χ3n) is 5.50. The number of anilines is 1. The molecule has 0 unspecified atom stereocenters. The molecule has 4 rings (SSSR count). The van der Waals surface area contributed by atoms with Gasteiger partial charge < -0.3 is 9.64 Å². The van der Waals surface area contributed by atoms with Gasteiger partial charge in [-0.25, -0.2) is 8.42 Å². The van der Waals surface area contributed by atoms with Crippen LogP contribution in [0.25, 0.3) is 0 Å². The van der Waals surface area contributed by atoms with Gasteiger partial charge in [-0.05, 0) is 67.3 Å². The second-order valence-electron chi connectivity index (χ2n) is 7.88. The number of benzene rings is 3. The number of nitrogens with zero attached hydrogens (tertiary/aromatic N) is 1. The highest BCUT2D eigenvalue weighted by Crippen LogP contribution is 2.23. The lowest BCUT2D eigenvalue weighted by molar-refractivity contribution is 0.0792. The van der Waals surface area contributed by atoms with Gasteiger partial charge in [0.15, 0.2) is 0 Å². The number of nitrogens with one attached hydrogen (secondary N) is 1. The van der Waals surface area contributed by atoms with Crippen LogP contribution in [0.2, 0.25) is 0 Å². The van der Waals surface area contributed by atoms with Crippen molar-refractivity contribution in [2.75, 3.05) is 17.8 Å². The van der Waals surface area contributed by atoms with E-state index in [1.807, 2.05) is 37.3 Å². The first kappa shape index (κ1) is 21.9.